The first-order chi connectivity index (χ1) is 2.41. The van der Waals surface area contributed by atoms with Crippen LogP contribution < -0.4 is 0 Å². The zero-order valence-electron chi connectivity index (χ0n) is 4.00. The molecule has 0 rings (SSSR count). The van der Waals surface area contributed by atoms with Gasteiger partial charge in [0, 0.05) is 5.88 Å². The summed E-state index contributed by atoms with van der Waals surface area (Å²) in [7, 11) is 0. The SMILES string of the molecule is CCCCCl.O.[CaH2]. The van der Waals surface area contributed by atoms with Gasteiger partial charge in [0.25, 0.3) is 0 Å². The van der Waals surface area contributed by atoms with Crippen LogP contribution in [0.3, 0.4) is 0 Å². The van der Waals surface area contributed by atoms with E-state index in [0.29, 0.717) is 0 Å². The second-order valence-electron chi connectivity index (χ2n) is 1.04. The Morgan fingerprint density at radius 1 is 1.43 bits per heavy atom. The summed E-state index contributed by atoms with van der Waals surface area (Å²) >= 11 is 5.30. The third kappa shape index (κ3) is 18.5. The van der Waals surface area contributed by atoms with Crippen LogP contribution in [0.4, 0.5) is 0 Å². The number of hydrogen-bond donors (Lipinski definition) is 0. The Balaban J connectivity index is -0.0000000800. The van der Waals surface area contributed by atoms with E-state index in [0.717, 1.165) is 12.3 Å². The Kier molecular flexibility index (Phi) is 35.3. The Bertz CT molecular complexity index is 19.2. The van der Waals surface area contributed by atoms with Gasteiger partial charge in [0.15, 0.2) is 0 Å². The second kappa shape index (κ2) is 15.6. The van der Waals surface area contributed by atoms with Crippen molar-refractivity contribution >= 4 is 49.3 Å². The fraction of sp³-hybridized carbons (Fsp3) is 1.00. The average Bonchev–Trinajstić information content (AvgIpc) is 1.41. The van der Waals surface area contributed by atoms with Crippen LogP contribution in [-0.4, -0.2) is 49.1 Å². The van der Waals surface area contributed by atoms with Gasteiger partial charge in [-0.3, -0.25) is 0 Å². The first-order valence-electron chi connectivity index (χ1n) is 1.97. The van der Waals surface area contributed by atoms with Gasteiger partial charge in [-0.25, -0.2) is 0 Å². The third-order valence-electron chi connectivity index (χ3n) is 0.487. The van der Waals surface area contributed by atoms with E-state index in [1.807, 2.05) is 0 Å². The van der Waals surface area contributed by atoms with Gasteiger partial charge in [-0.1, -0.05) is 13.3 Å². The summed E-state index contributed by atoms with van der Waals surface area (Å²) in [5, 5.41) is 0. The Morgan fingerprint density at radius 3 is 1.86 bits per heavy atom. The average molecular weight is 153 g/mol. The summed E-state index contributed by atoms with van der Waals surface area (Å²) < 4.78 is 0. The van der Waals surface area contributed by atoms with Crippen molar-refractivity contribution in [2.24, 2.45) is 0 Å². The predicted molar refractivity (Wildman–Crippen MR) is 37.8 cm³/mol. The molecule has 0 saturated carbocycles. The molecule has 44 valence electrons. The minimum absolute atomic E-state index is 0. The van der Waals surface area contributed by atoms with Gasteiger partial charge in [-0.05, 0) is 6.42 Å². The Labute approximate surface area is 79.7 Å². The molecular formula is C4H13CaClO. The van der Waals surface area contributed by atoms with Crippen molar-refractivity contribution in [2.75, 3.05) is 5.88 Å². The van der Waals surface area contributed by atoms with Crippen LogP contribution >= 0.6 is 11.6 Å². The van der Waals surface area contributed by atoms with E-state index in [2.05, 4.69) is 6.92 Å². The maximum absolute atomic E-state index is 5.30. The first kappa shape index (κ1) is 15.8. The number of rotatable bonds is 2. The summed E-state index contributed by atoms with van der Waals surface area (Å²) in [6, 6.07) is 0. The number of alkyl halides is 1. The van der Waals surface area contributed by atoms with Crippen molar-refractivity contribution in [2.45, 2.75) is 19.8 Å². The molecule has 0 saturated heterocycles. The van der Waals surface area contributed by atoms with E-state index >= 15 is 0 Å². The van der Waals surface area contributed by atoms with Gasteiger partial charge in [-0.15, -0.1) is 11.6 Å². The van der Waals surface area contributed by atoms with E-state index in [4.69, 9.17) is 11.6 Å². The van der Waals surface area contributed by atoms with Crippen LogP contribution in [0.2, 0.25) is 0 Å². The molecule has 0 aliphatic heterocycles. The van der Waals surface area contributed by atoms with Crippen LogP contribution in [0, 0.1) is 0 Å². The van der Waals surface area contributed by atoms with Gasteiger partial charge < -0.3 is 5.48 Å². The van der Waals surface area contributed by atoms with Crippen LogP contribution in [0.25, 0.3) is 0 Å². The summed E-state index contributed by atoms with van der Waals surface area (Å²) in [5.41, 5.74) is 0. The van der Waals surface area contributed by atoms with Crippen molar-refractivity contribution < 1.29 is 5.48 Å². The molecule has 0 fully saturated rings. The van der Waals surface area contributed by atoms with Gasteiger partial charge >= 0.3 is 37.7 Å². The molecule has 0 spiro atoms. The molecule has 1 nitrogen and oxygen atoms in total. The summed E-state index contributed by atoms with van der Waals surface area (Å²) in [6.45, 7) is 2.13. The summed E-state index contributed by atoms with van der Waals surface area (Å²) in [6.07, 6.45) is 2.37. The number of halogens is 1. The Hall–Kier alpha value is 1.51. The molecule has 0 bridgehead atoms. The molecule has 0 aliphatic rings. The Morgan fingerprint density at radius 2 is 1.86 bits per heavy atom. The molecule has 0 radical (unpaired) electrons. The molecule has 0 heterocycles. The zero-order valence-corrected chi connectivity index (χ0v) is 4.76. The van der Waals surface area contributed by atoms with Gasteiger partial charge in [-0.2, -0.15) is 0 Å². The summed E-state index contributed by atoms with van der Waals surface area (Å²) in [5.74, 6) is 0.816. The fourth-order valence-electron chi connectivity index (χ4n) is 0.134. The molecular weight excluding hydrogens is 140 g/mol. The monoisotopic (exact) mass is 152 g/mol. The van der Waals surface area contributed by atoms with Gasteiger partial charge in [0.05, 0.1) is 0 Å². The van der Waals surface area contributed by atoms with Crippen molar-refractivity contribution in [3.05, 3.63) is 0 Å². The zero-order chi connectivity index (χ0) is 4.12. The molecule has 0 unspecified atom stereocenters. The van der Waals surface area contributed by atoms with E-state index < -0.39 is 0 Å². The second-order valence-corrected chi connectivity index (χ2v) is 1.42. The molecule has 7 heavy (non-hydrogen) atoms. The molecule has 0 aromatic carbocycles. The van der Waals surface area contributed by atoms with Crippen molar-refractivity contribution in [3.63, 3.8) is 0 Å². The standard InChI is InChI=1S/C4H9Cl.Ca.H2O.2H/c1-2-3-4-5;;;;/h2-4H2,1H3;;1H2;;. The number of unbranched alkanes of at least 4 members (excludes halogenated alkanes) is 1. The van der Waals surface area contributed by atoms with Crippen molar-refractivity contribution in [1.82, 2.24) is 0 Å². The van der Waals surface area contributed by atoms with Crippen LogP contribution in [-0.2, 0) is 0 Å². The quantitative estimate of drug-likeness (QED) is 0.403. The minimum atomic E-state index is 0. The van der Waals surface area contributed by atoms with Gasteiger partial charge in [0.1, 0.15) is 0 Å². The maximum atomic E-state index is 5.30. The third-order valence-corrected chi connectivity index (χ3v) is 0.754. The summed E-state index contributed by atoms with van der Waals surface area (Å²) in [4.78, 5) is 0. The van der Waals surface area contributed by atoms with Crippen molar-refractivity contribution in [1.29, 1.82) is 0 Å². The molecule has 0 aromatic heterocycles. The first-order valence-corrected chi connectivity index (χ1v) is 2.51. The molecule has 0 atom stereocenters. The predicted octanol–water partition coefficient (Wildman–Crippen LogP) is 0.284. The van der Waals surface area contributed by atoms with E-state index in [1.54, 1.807) is 0 Å². The van der Waals surface area contributed by atoms with Crippen molar-refractivity contribution in [3.8, 4) is 0 Å². The van der Waals surface area contributed by atoms with E-state index in [-0.39, 0.29) is 43.2 Å². The molecule has 0 aliphatic carbocycles. The van der Waals surface area contributed by atoms with E-state index in [1.165, 1.54) is 6.42 Å². The van der Waals surface area contributed by atoms with Crippen LogP contribution in [0.15, 0.2) is 0 Å². The molecule has 3 heteroatoms. The molecule has 0 aromatic rings. The molecule has 0 amide bonds. The van der Waals surface area contributed by atoms with Gasteiger partial charge in [0.2, 0.25) is 0 Å². The topological polar surface area (TPSA) is 31.5 Å². The normalized spacial score (nSPS) is 6.00. The molecule has 2 N–H and O–H groups in total. The number of hydrogen-bond acceptors (Lipinski definition) is 0. The fourth-order valence-corrected chi connectivity index (χ4v) is 0.401. The van der Waals surface area contributed by atoms with E-state index in [9.17, 15) is 0 Å². The van der Waals surface area contributed by atoms with Crippen LogP contribution in [0.1, 0.15) is 19.8 Å². The van der Waals surface area contributed by atoms with Crippen LogP contribution in [0.5, 0.6) is 0 Å².